The lowest BCUT2D eigenvalue weighted by Crippen LogP contribution is -2.35. The third-order valence-electron chi connectivity index (χ3n) is 6.59. The number of nitrogens with zero attached hydrogens (tertiary/aromatic N) is 5. The second kappa shape index (κ2) is 8.27. The van der Waals surface area contributed by atoms with E-state index in [0.29, 0.717) is 29.8 Å². The Morgan fingerprint density at radius 3 is 2.12 bits per heavy atom. The van der Waals surface area contributed by atoms with Gasteiger partial charge < -0.3 is 34.9 Å². The second-order valence-electron chi connectivity index (χ2n) is 10.2. The highest BCUT2D eigenvalue weighted by Gasteiger charge is 2.55. The Bertz CT molecular complexity index is 1060. The minimum Gasteiger partial charge on any atom is -0.390 e. The summed E-state index contributed by atoms with van der Waals surface area (Å²) >= 11 is 6.10. The Hall–Kier alpha value is -1.51. The van der Waals surface area contributed by atoms with Gasteiger partial charge in [0.25, 0.3) is 0 Å². The number of aromatic nitrogens is 5. The minimum absolute atomic E-state index is 0.0909. The average molecular weight is 499 g/mol. The molecule has 0 aromatic carbocycles. The van der Waals surface area contributed by atoms with Crippen LogP contribution in [-0.2, 0) is 18.9 Å². The first-order valence-corrected chi connectivity index (χ1v) is 11.8. The molecule has 0 unspecified atom stereocenters. The summed E-state index contributed by atoms with van der Waals surface area (Å²) in [6.07, 6.45) is -1.08. The Morgan fingerprint density at radius 1 is 0.912 bits per heavy atom. The molecule has 8 atom stereocenters. The Labute approximate surface area is 201 Å². The molecule has 34 heavy (non-hydrogen) atoms. The Balaban J connectivity index is 0.000000169. The smallest absolute Gasteiger partial charge is 0.183 e. The largest absolute Gasteiger partial charge is 0.390 e. The van der Waals surface area contributed by atoms with Crippen LogP contribution in [0.5, 0.6) is 0 Å². The van der Waals surface area contributed by atoms with Crippen molar-refractivity contribution in [3.05, 3.63) is 11.0 Å². The molecule has 0 amide bonds. The summed E-state index contributed by atoms with van der Waals surface area (Å²) in [4.78, 5) is 8.46. The van der Waals surface area contributed by atoms with Gasteiger partial charge in [0, 0.05) is 12.5 Å². The van der Waals surface area contributed by atoms with Gasteiger partial charge in [-0.15, -0.1) is 5.10 Å². The van der Waals surface area contributed by atoms with Gasteiger partial charge in [-0.2, -0.15) is 0 Å². The van der Waals surface area contributed by atoms with Crippen molar-refractivity contribution in [2.24, 2.45) is 5.73 Å². The van der Waals surface area contributed by atoms with Crippen LogP contribution in [0.15, 0.2) is 0 Å². The first-order chi connectivity index (χ1) is 15.8. The number of nitrogens with two attached hydrogens (primary N) is 1. The number of hydrogen-bond acceptors (Lipinski definition) is 11. The van der Waals surface area contributed by atoms with Gasteiger partial charge >= 0.3 is 0 Å². The standard InChI is InChI=1S/C13H16ClN5O3.C8H15NO3/c1-5-15-11(14)8-12(16-5)19(18-17-8)6-4-7(20)10-9(6)21-13(2,3)22-10;1-8(2)11-6-4(9)3-5(10)7(6)12-8/h6-7,9-10,20H,4H2,1-3H3;4-7,10H,3,9H2,1-2H3/t6-,7+,9+,10-;4-,5+,6+,7-/m11/s1. The third-order valence-corrected chi connectivity index (χ3v) is 6.85. The molecule has 13 heteroatoms. The SMILES string of the molecule is CC1(C)O[C@@H]2[C@H](O1)[C@@H](O)C[C@H]2N.Cc1nc(Cl)c2nnn([C@@H]3C[C@H](O)[C@H]4OC(C)(C)O[C@H]43)c2n1. The minimum atomic E-state index is -0.728. The van der Waals surface area contributed by atoms with E-state index in [1.54, 1.807) is 11.6 Å². The molecule has 2 saturated carbocycles. The molecule has 2 aromatic heterocycles. The van der Waals surface area contributed by atoms with Crippen molar-refractivity contribution in [2.45, 2.75) is 108 Å². The monoisotopic (exact) mass is 498 g/mol. The second-order valence-corrected chi connectivity index (χ2v) is 10.6. The van der Waals surface area contributed by atoms with Crippen LogP contribution in [0, 0.1) is 6.92 Å². The molecule has 2 saturated heterocycles. The number of fused-ring (bicyclic) bond motifs is 3. The fourth-order valence-electron chi connectivity index (χ4n) is 5.28. The van der Waals surface area contributed by atoms with Crippen molar-refractivity contribution in [2.75, 3.05) is 0 Å². The first-order valence-electron chi connectivity index (χ1n) is 11.4. The molecule has 4 N–H and O–H groups in total. The average Bonchev–Trinajstić information content (AvgIpc) is 3.47. The molecule has 2 aliphatic carbocycles. The lowest BCUT2D eigenvalue weighted by molar-refractivity contribution is -0.165. The van der Waals surface area contributed by atoms with Crippen LogP contribution in [0.4, 0.5) is 0 Å². The van der Waals surface area contributed by atoms with Gasteiger partial charge in [0.2, 0.25) is 0 Å². The maximum Gasteiger partial charge on any atom is 0.183 e. The predicted octanol–water partition coefficient (Wildman–Crippen LogP) is 0.607. The van der Waals surface area contributed by atoms with Crippen molar-refractivity contribution in [3.63, 3.8) is 0 Å². The fraction of sp³-hybridized carbons (Fsp3) is 0.810. The van der Waals surface area contributed by atoms with E-state index < -0.39 is 23.8 Å². The summed E-state index contributed by atoms with van der Waals surface area (Å²) in [5.41, 5.74) is 6.76. The van der Waals surface area contributed by atoms with Crippen molar-refractivity contribution < 1.29 is 29.2 Å². The Kier molecular flexibility index (Phi) is 5.89. The molecule has 4 fully saturated rings. The van der Waals surface area contributed by atoms with Crippen LogP contribution in [-0.4, -0.2) is 89.4 Å². The molecule has 0 spiro atoms. The van der Waals surface area contributed by atoms with Crippen LogP contribution in [0.25, 0.3) is 11.2 Å². The molecule has 188 valence electrons. The number of aliphatic hydroxyl groups is 2. The van der Waals surface area contributed by atoms with Gasteiger partial charge in [0.1, 0.15) is 30.2 Å². The molecule has 2 aliphatic heterocycles. The van der Waals surface area contributed by atoms with E-state index in [1.807, 2.05) is 27.7 Å². The number of aryl methyl sites for hydroxylation is 1. The molecule has 2 aromatic rings. The van der Waals surface area contributed by atoms with Crippen LogP contribution in [0.1, 0.15) is 52.4 Å². The zero-order valence-corrected chi connectivity index (χ0v) is 20.5. The van der Waals surface area contributed by atoms with Gasteiger partial charge in [-0.3, -0.25) is 0 Å². The van der Waals surface area contributed by atoms with Crippen LogP contribution < -0.4 is 5.73 Å². The summed E-state index contributed by atoms with van der Waals surface area (Å²) in [7, 11) is 0. The highest BCUT2D eigenvalue weighted by Crippen LogP contribution is 2.44. The highest BCUT2D eigenvalue weighted by molar-refractivity contribution is 6.33. The molecule has 0 bridgehead atoms. The zero-order chi connectivity index (χ0) is 24.6. The summed E-state index contributed by atoms with van der Waals surface area (Å²) < 4.78 is 24.4. The normalized spacial score (nSPS) is 39.7. The third kappa shape index (κ3) is 4.20. The predicted molar refractivity (Wildman–Crippen MR) is 119 cm³/mol. The first kappa shape index (κ1) is 24.2. The maximum absolute atomic E-state index is 10.3. The number of halogens is 1. The van der Waals surface area contributed by atoms with E-state index in [-0.39, 0.29) is 41.7 Å². The summed E-state index contributed by atoms with van der Waals surface area (Å²) in [6.45, 7) is 9.10. The van der Waals surface area contributed by atoms with Crippen LogP contribution >= 0.6 is 11.6 Å². The van der Waals surface area contributed by atoms with Gasteiger partial charge in [0.15, 0.2) is 27.9 Å². The van der Waals surface area contributed by atoms with E-state index in [4.69, 9.17) is 36.3 Å². The molecule has 12 nitrogen and oxygen atoms in total. The Morgan fingerprint density at radius 2 is 1.47 bits per heavy atom. The van der Waals surface area contributed by atoms with E-state index >= 15 is 0 Å². The molecule has 4 heterocycles. The maximum atomic E-state index is 10.3. The summed E-state index contributed by atoms with van der Waals surface area (Å²) in [5.74, 6) is -0.775. The van der Waals surface area contributed by atoms with Crippen molar-refractivity contribution in [3.8, 4) is 0 Å². The molecule has 0 radical (unpaired) electrons. The lowest BCUT2D eigenvalue weighted by Gasteiger charge is -2.22. The highest BCUT2D eigenvalue weighted by atomic mass is 35.5. The van der Waals surface area contributed by atoms with Gasteiger partial charge in [0.05, 0.1) is 18.2 Å². The van der Waals surface area contributed by atoms with Crippen LogP contribution in [0.3, 0.4) is 0 Å². The van der Waals surface area contributed by atoms with Crippen molar-refractivity contribution >= 4 is 22.8 Å². The van der Waals surface area contributed by atoms with Gasteiger partial charge in [-0.1, -0.05) is 16.8 Å². The van der Waals surface area contributed by atoms with Gasteiger partial charge in [-0.05, 0) is 41.0 Å². The number of aliphatic hydroxyl groups excluding tert-OH is 2. The number of ether oxygens (including phenoxy) is 4. The number of hydrogen-bond donors (Lipinski definition) is 3. The summed E-state index contributed by atoms with van der Waals surface area (Å²) in [5, 5.41) is 28.3. The molecule has 6 rings (SSSR count). The molecule has 4 aliphatic rings. The van der Waals surface area contributed by atoms with Gasteiger partial charge in [-0.25, -0.2) is 14.6 Å². The molecular weight excluding hydrogens is 468 g/mol. The zero-order valence-electron chi connectivity index (χ0n) is 19.8. The van der Waals surface area contributed by atoms with Crippen molar-refractivity contribution in [1.82, 2.24) is 25.0 Å². The van der Waals surface area contributed by atoms with Crippen molar-refractivity contribution in [1.29, 1.82) is 0 Å². The van der Waals surface area contributed by atoms with E-state index in [2.05, 4.69) is 20.3 Å². The fourth-order valence-corrected chi connectivity index (χ4v) is 5.53. The number of rotatable bonds is 1. The quantitative estimate of drug-likeness (QED) is 0.472. The van der Waals surface area contributed by atoms with Crippen LogP contribution in [0.2, 0.25) is 5.15 Å². The topological polar surface area (TPSA) is 160 Å². The van der Waals surface area contributed by atoms with E-state index in [9.17, 15) is 10.2 Å². The van der Waals surface area contributed by atoms with E-state index in [1.165, 1.54) is 0 Å². The molecular formula is C21H31ClN6O6. The van der Waals surface area contributed by atoms with E-state index in [0.717, 1.165) is 0 Å². The summed E-state index contributed by atoms with van der Waals surface area (Å²) in [6, 6.07) is -0.302. The lowest BCUT2D eigenvalue weighted by atomic mass is 10.2.